The van der Waals surface area contributed by atoms with Crippen LogP contribution < -0.4 is 10.2 Å². The Labute approximate surface area is 195 Å². The number of halogens is 3. The molecule has 0 spiro atoms. The number of carbonyl (C=O) groups excluding carboxylic acids is 1. The fraction of sp³-hybridized carbons (Fsp3) is 0.696. The molecular weight excluding hydrogens is 440 g/mol. The van der Waals surface area contributed by atoms with Crippen LogP contribution in [-0.4, -0.2) is 61.0 Å². The number of alkyl carbamates (subject to hydrolysis) is 1. The number of hydrogen-bond acceptors (Lipinski definition) is 4. The lowest BCUT2D eigenvalue weighted by molar-refractivity contribution is 0.0398. The van der Waals surface area contributed by atoms with E-state index in [2.05, 4.69) is 15.1 Å². The van der Waals surface area contributed by atoms with Gasteiger partial charge >= 0.3 is 6.09 Å². The maximum absolute atomic E-state index is 15.3. The minimum atomic E-state index is -1.15. The largest absolute Gasteiger partial charge is 0.444 e. The normalized spacial score (nSPS) is 25.4. The van der Waals surface area contributed by atoms with Gasteiger partial charge in [0.05, 0.1) is 15.7 Å². The molecule has 2 fully saturated rings. The molecule has 31 heavy (non-hydrogen) atoms. The molecule has 8 heteroatoms. The number of rotatable bonds is 5. The second-order valence-corrected chi connectivity index (χ2v) is 10.5. The molecule has 1 saturated heterocycles. The summed E-state index contributed by atoms with van der Waals surface area (Å²) in [7, 11) is 0. The summed E-state index contributed by atoms with van der Waals surface area (Å²) < 4.78 is 20.6. The van der Waals surface area contributed by atoms with E-state index in [1.807, 2.05) is 32.9 Å². The number of nitrogens with one attached hydrogen (secondary N) is 1. The van der Waals surface area contributed by atoms with E-state index in [-0.39, 0.29) is 6.04 Å². The smallest absolute Gasteiger partial charge is 0.407 e. The van der Waals surface area contributed by atoms with Gasteiger partial charge in [0.15, 0.2) is 0 Å². The van der Waals surface area contributed by atoms with Gasteiger partial charge in [0, 0.05) is 38.8 Å². The average Bonchev–Trinajstić information content (AvgIpc) is 2.70. The zero-order chi connectivity index (χ0) is 22.6. The fourth-order valence-electron chi connectivity index (χ4n) is 4.31. The molecule has 0 unspecified atom stereocenters. The quantitative estimate of drug-likeness (QED) is 0.597. The van der Waals surface area contributed by atoms with Gasteiger partial charge in [0.2, 0.25) is 0 Å². The number of ether oxygens (including phenoxy) is 1. The Hall–Kier alpha value is -1.24. The summed E-state index contributed by atoms with van der Waals surface area (Å²) in [5.74, 6) is 0. The zero-order valence-electron chi connectivity index (χ0n) is 18.7. The van der Waals surface area contributed by atoms with Gasteiger partial charge in [-0.3, -0.25) is 4.90 Å². The second-order valence-electron chi connectivity index (χ2n) is 9.72. The van der Waals surface area contributed by atoms with E-state index in [0.717, 1.165) is 38.4 Å². The molecule has 0 bridgehead atoms. The number of nitrogens with zero attached hydrogens (tertiary/aromatic N) is 2. The number of amides is 1. The molecule has 1 heterocycles. The van der Waals surface area contributed by atoms with Crippen LogP contribution in [0.25, 0.3) is 0 Å². The maximum atomic E-state index is 15.3. The molecule has 1 aliphatic heterocycles. The van der Waals surface area contributed by atoms with Crippen LogP contribution >= 0.6 is 23.2 Å². The first-order chi connectivity index (χ1) is 14.5. The molecule has 0 atom stereocenters. The highest BCUT2D eigenvalue weighted by Gasteiger charge is 2.36. The van der Waals surface area contributed by atoms with E-state index in [1.54, 1.807) is 6.07 Å². The van der Waals surface area contributed by atoms with Gasteiger partial charge in [-0.05, 0) is 65.0 Å². The van der Waals surface area contributed by atoms with Crippen molar-refractivity contribution in [2.24, 2.45) is 0 Å². The molecule has 2 aliphatic rings. The summed E-state index contributed by atoms with van der Waals surface area (Å²) in [6, 6.07) is 5.69. The van der Waals surface area contributed by atoms with Gasteiger partial charge in [0.25, 0.3) is 0 Å². The summed E-state index contributed by atoms with van der Waals surface area (Å²) in [4.78, 5) is 16.5. The summed E-state index contributed by atoms with van der Waals surface area (Å²) in [6.45, 7) is 9.71. The Kier molecular flexibility index (Phi) is 7.98. The molecule has 1 aliphatic carbocycles. The fourth-order valence-corrected chi connectivity index (χ4v) is 4.73. The average molecular weight is 474 g/mol. The second kappa shape index (κ2) is 10.1. The first-order valence-corrected chi connectivity index (χ1v) is 11.9. The Balaban J connectivity index is 1.39. The van der Waals surface area contributed by atoms with Crippen LogP contribution in [0.2, 0.25) is 10.0 Å². The Morgan fingerprint density at radius 1 is 1.19 bits per heavy atom. The summed E-state index contributed by atoms with van der Waals surface area (Å²) >= 11 is 12.5. The molecule has 1 N–H and O–H groups in total. The van der Waals surface area contributed by atoms with E-state index in [0.29, 0.717) is 42.1 Å². The van der Waals surface area contributed by atoms with Crippen molar-refractivity contribution < 1.29 is 13.9 Å². The van der Waals surface area contributed by atoms with Crippen LogP contribution in [0, 0.1) is 0 Å². The molecular formula is C23H34Cl2FN3O2. The summed E-state index contributed by atoms with van der Waals surface area (Å²) in [5, 5.41) is 4.05. The van der Waals surface area contributed by atoms with Crippen molar-refractivity contribution in [1.82, 2.24) is 10.2 Å². The lowest BCUT2D eigenvalue weighted by Gasteiger charge is -2.39. The first kappa shape index (κ1) is 24.4. The number of carbonyl (C=O) groups is 1. The highest BCUT2D eigenvalue weighted by Crippen LogP contribution is 2.36. The molecule has 174 valence electrons. The standard InChI is InChI=1S/C23H34Cl2FN3O2/c1-22(2,3)31-21(30)27-17-7-9-23(26,10-8-17)11-12-28-13-15-29(16-14-28)19-6-4-5-18(24)20(19)25/h4-6,17H,7-16H2,1-3H3,(H,27,30). The summed E-state index contributed by atoms with van der Waals surface area (Å²) in [5.41, 5.74) is -0.712. The number of piperazine rings is 1. The Bertz CT molecular complexity index is 756. The van der Waals surface area contributed by atoms with Crippen LogP contribution in [0.4, 0.5) is 14.9 Å². The van der Waals surface area contributed by atoms with Crippen molar-refractivity contribution >= 4 is 35.0 Å². The lowest BCUT2D eigenvalue weighted by atomic mass is 9.81. The predicted molar refractivity (Wildman–Crippen MR) is 125 cm³/mol. The van der Waals surface area contributed by atoms with Crippen molar-refractivity contribution in [3.8, 4) is 0 Å². The van der Waals surface area contributed by atoms with Crippen molar-refractivity contribution in [3.05, 3.63) is 28.2 Å². The minimum Gasteiger partial charge on any atom is -0.444 e. The van der Waals surface area contributed by atoms with Crippen LogP contribution in [0.5, 0.6) is 0 Å². The van der Waals surface area contributed by atoms with Gasteiger partial charge in [-0.2, -0.15) is 0 Å². The topological polar surface area (TPSA) is 44.8 Å². The predicted octanol–water partition coefficient (Wildman–Crippen LogP) is 5.68. The first-order valence-electron chi connectivity index (χ1n) is 11.1. The van der Waals surface area contributed by atoms with Crippen molar-refractivity contribution in [3.63, 3.8) is 0 Å². The van der Waals surface area contributed by atoms with E-state index in [1.165, 1.54) is 0 Å². The van der Waals surface area contributed by atoms with Gasteiger partial charge in [-0.25, -0.2) is 9.18 Å². The van der Waals surface area contributed by atoms with Crippen LogP contribution in [0.1, 0.15) is 52.9 Å². The van der Waals surface area contributed by atoms with E-state index in [9.17, 15) is 4.79 Å². The number of hydrogen-bond donors (Lipinski definition) is 1. The highest BCUT2D eigenvalue weighted by atomic mass is 35.5. The number of benzene rings is 1. The van der Waals surface area contributed by atoms with E-state index in [4.69, 9.17) is 27.9 Å². The van der Waals surface area contributed by atoms with Crippen molar-refractivity contribution in [2.75, 3.05) is 37.6 Å². The van der Waals surface area contributed by atoms with Gasteiger partial charge in [-0.1, -0.05) is 29.3 Å². The Morgan fingerprint density at radius 3 is 2.45 bits per heavy atom. The maximum Gasteiger partial charge on any atom is 0.407 e. The third-order valence-corrected chi connectivity index (χ3v) is 6.93. The van der Waals surface area contributed by atoms with Crippen molar-refractivity contribution in [1.29, 1.82) is 0 Å². The lowest BCUT2D eigenvalue weighted by Crippen LogP contribution is -2.48. The Morgan fingerprint density at radius 2 is 1.84 bits per heavy atom. The van der Waals surface area contributed by atoms with E-state index >= 15 is 4.39 Å². The van der Waals surface area contributed by atoms with Crippen molar-refractivity contribution in [2.45, 2.75) is 70.2 Å². The van der Waals surface area contributed by atoms with Gasteiger partial charge in [-0.15, -0.1) is 0 Å². The zero-order valence-corrected chi connectivity index (χ0v) is 20.2. The van der Waals surface area contributed by atoms with Crippen LogP contribution in [-0.2, 0) is 4.74 Å². The van der Waals surface area contributed by atoms with Gasteiger partial charge < -0.3 is 15.0 Å². The highest BCUT2D eigenvalue weighted by molar-refractivity contribution is 6.43. The van der Waals surface area contributed by atoms with Crippen LogP contribution in [0.3, 0.4) is 0 Å². The monoisotopic (exact) mass is 473 g/mol. The minimum absolute atomic E-state index is 0.00952. The summed E-state index contributed by atoms with van der Waals surface area (Å²) in [6.07, 6.45) is 2.37. The molecule has 3 rings (SSSR count). The molecule has 1 saturated carbocycles. The molecule has 1 aromatic rings. The SMILES string of the molecule is CC(C)(C)OC(=O)NC1CCC(F)(CCN2CCN(c3cccc(Cl)c3Cl)CC2)CC1. The van der Waals surface area contributed by atoms with Crippen LogP contribution in [0.15, 0.2) is 18.2 Å². The molecule has 1 aromatic carbocycles. The molecule has 0 radical (unpaired) electrons. The number of alkyl halides is 1. The molecule has 5 nitrogen and oxygen atoms in total. The third kappa shape index (κ3) is 7.13. The van der Waals surface area contributed by atoms with E-state index < -0.39 is 17.4 Å². The van der Waals surface area contributed by atoms with Gasteiger partial charge in [0.1, 0.15) is 11.3 Å². The third-order valence-electron chi connectivity index (χ3n) is 6.12. The molecule has 0 aromatic heterocycles. The molecule has 1 amide bonds. The number of anilines is 1.